The first-order valence-corrected chi connectivity index (χ1v) is 8.56. The molecular weight excluding hydrogens is 364 g/mol. The summed E-state index contributed by atoms with van der Waals surface area (Å²) in [5.41, 5.74) is 0.0765. The van der Waals surface area contributed by atoms with Gasteiger partial charge in [0, 0.05) is 13.0 Å². The lowest BCUT2D eigenvalue weighted by atomic mass is 10.2. The van der Waals surface area contributed by atoms with Crippen LogP contribution in [0.4, 0.5) is 10.5 Å². The van der Waals surface area contributed by atoms with E-state index in [1.165, 1.54) is 24.1 Å². The Labute approximate surface area is 157 Å². The highest BCUT2D eigenvalue weighted by Gasteiger charge is 2.26. The van der Waals surface area contributed by atoms with E-state index in [2.05, 4.69) is 4.98 Å². The molecule has 1 amide bonds. The number of methoxy groups -OCH3 is 1. The van der Waals surface area contributed by atoms with E-state index < -0.39 is 12.1 Å². The molecule has 9 heteroatoms. The molecule has 0 spiro atoms. The normalized spacial score (nSPS) is 10.4. The van der Waals surface area contributed by atoms with Crippen molar-refractivity contribution in [2.75, 3.05) is 25.2 Å². The van der Waals surface area contributed by atoms with Crippen molar-refractivity contribution >= 4 is 35.3 Å². The number of halogens is 1. The summed E-state index contributed by atoms with van der Waals surface area (Å²) >= 11 is 5.85. The largest absolute Gasteiger partial charge is 0.466 e. The number of carbonyl (C=O) groups excluding carboxylic acids is 3. The van der Waals surface area contributed by atoms with E-state index in [1.807, 2.05) is 0 Å². The maximum atomic E-state index is 12.5. The van der Waals surface area contributed by atoms with Crippen molar-refractivity contribution < 1.29 is 28.6 Å². The zero-order valence-corrected chi connectivity index (χ0v) is 16.0. The maximum absolute atomic E-state index is 12.5. The first-order valence-electron chi connectivity index (χ1n) is 8.18. The molecule has 8 nitrogen and oxygen atoms in total. The van der Waals surface area contributed by atoms with E-state index >= 15 is 0 Å². The quantitative estimate of drug-likeness (QED) is 0.384. The number of hydrogen-bond donors (Lipinski definition) is 0. The zero-order valence-electron chi connectivity index (χ0n) is 15.3. The second kappa shape index (κ2) is 10.6. The molecule has 0 atom stereocenters. The first-order chi connectivity index (χ1) is 12.3. The fourth-order valence-corrected chi connectivity index (χ4v) is 2.23. The summed E-state index contributed by atoms with van der Waals surface area (Å²) in [4.78, 5) is 41.2. The summed E-state index contributed by atoms with van der Waals surface area (Å²) in [6.45, 7) is 5.53. The Morgan fingerprint density at radius 1 is 1.27 bits per heavy atom. The summed E-state index contributed by atoms with van der Waals surface area (Å²) in [6, 6.07) is 2.93. The fourth-order valence-electron chi connectivity index (χ4n) is 2.08. The molecule has 0 unspecified atom stereocenters. The molecule has 0 saturated heterocycles. The fraction of sp³-hybridized carbons (Fsp3) is 0.529. The topological polar surface area (TPSA) is 95.0 Å². The molecule has 0 aliphatic carbocycles. The molecule has 1 aromatic heterocycles. The minimum absolute atomic E-state index is 0.0813. The predicted octanol–water partition coefficient (Wildman–Crippen LogP) is 3.22. The number of ether oxygens (including phenoxy) is 3. The number of nitrogens with zero attached hydrogens (tertiary/aromatic N) is 2. The number of rotatable bonds is 8. The molecule has 0 aliphatic rings. The van der Waals surface area contributed by atoms with Crippen LogP contribution in [-0.4, -0.2) is 49.4 Å². The van der Waals surface area contributed by atoms with Crippen molar-refractivity contribution in [3.8, 4) is 0 Å². The molecule has 0 radical (unpaired) electrons. The van der Waals surface area contributed by atoms with Crippen molar-refractivity contribution in [1.82, 2.24) is 4.98 Å². The van der Waals surface area contributed by atoms with Crippen molar-refractivity contribution in [2.45, 2.75) is 39.7 Å². The minimum atomic E-state index is -0.741. The molecule has 0 aliphatic heterocycles. The van der Waals surface area contributed by atoms with Crippen LogP contribution in [0.15, 0.2) is 12.1 Å². The SMILES string of the molecule is CCOC(=O)CCCN(C(=O)OC(C)C)c1ccc(Cl)nc1C(=O)OC. The van der Waals surface area contributed by atoms with Crippen LogP contribution in [0.5, 0.6) is 0 Å². The Kier molecular flexibility index (Phi) is 8.84. The van der Waals surface area contributed by atoms with Crippen molar-refractivity contribution in [2.24, 2.45) is 0 Å². The lowest BCUT2D eigenvalue weighted by Crippen LogP contribution is -2.35. The Morgan fingerprint density at radius 3 is 2.54 bits per heavy atom. The van der Waals surface area contributed by atoms with Gasteiger partial charge in [-0.15, -0.1) is 0 Å². The van der Waals surface area contributed by atoms with E-state index in [0.29, 0.717) is 6.42 Å². The number of carbonyl (C=O) groups is 3. The van der Waals surface area contributed by atoms with Crippen LogP contribution < -0.4 is 4.90 Å². The van der Waals surface area contributed by atoms with Crippen molar-refractivity contribution in [1.29, 1.82) is 0 Å². The Morgan fingerprint density at radius 2 is 1.96 bits per heavy atom. The summed E-state index contributed by atoms with van der Waals surface area (Å²) in [5.74, 6) is -1.11. The van der Waals surface area contributed by atoms with Crippen LogP contribution in [0.3, 0.4) is 0 Å². The number of pyridine rings is 1. The number of aromatic nitrogens is 1. The summed E-state index contributed by atoms with van der Waals surface area (Å²) in [6.07, 6.45) is -0.599. The highest BCUT2D eigenvalue weighted by molar-refractivity contribution is 6.29. The Hall–Kier alpha value is -2.35. The molecule has 0 bridgehead atoms. The second-order valence-electron chi connectivity index (χ2n) is 5.49. The smallest absolute Gasteiger partial charge is 0.414 e. The first kappa shape index (κ1) is 21.7. The summed E-state index contributed by atoms with van der Waals surface area (Å²) in [7, 11) is 1.20. The van der Waals surface area contributed by atoms with Gasteiger partial charge in [-0.2, -0.15) is 0 Å². The molecule has 144 valence electrons. The van der Waals surface area contributed by atoms with Crippen molar-refractivity contribution in [3.63, 3.8) is 0 Å². The second-order valence-corrected chi connectivity index (χ2v) is 5.87. The standard InChI is InChI=1S/C17H23ClN2O6/c1-5-25-14(21)7-6-10-20(17(23)26-11(2)3)12-8-9-13(18)19-15(12)16(22)24-4/h8-9,11H,5-7,10H2,1-4H3. The molecule has 0 aromatic carbocycles. The van der Waals surface area contributed by atoms with E-state index in [1.54, 1.807) is 20.8 Å². The highest BCUT2D eigenvalue weighted by Crippen LogP contribution is 2.24. The van der Waals surface area contributed by atoms with Gasteiger partial charge >= 0.3 is 18.0 Å². The van der Waals surface area contributed by atoms with E-state index in [9.17, 15) is 14.4 Å². The van der Waals surface area contributed by atoms with Crippen molar-refractivity contribution in [3.05, 3.63) is 23.0 Å². The van der Waals surface area contributed by atoms with Gasteiger partial charge in [-0.05, 0) is 39.3 Å². The maximum Gasteiger partial charge on any atom is 0.414 e. The van der Waals surface area contributed by atoms with Gasteiger partial charge in [-0.25, -0.2) is 14.6 Å². The van der Waals surface area contributed by atoms with Crippen LogP contribution in [0.25, 0.3) is 0 Å². The van der Waals surface area contributed by atoms with Crippen LogP contribution in [-0.2, 0) is 19.0 Å². The van der Waals surface area contributed by atoms with Gasteiger partial charge in [0.2, 0.25) is 0 Å². The van der Waals surface area contributed by atoms with Gasteiger partial charge in [0.05, 0.1) is 25.5 Å². The summed E-state index contributed by atoms with van der Waals surface area (Å²) in [5, 5.41) is 0.0813. The Bertz CT molecular complexity index is 650. The number of anilines is 1. The average Bonchev–Trinajstić information content (AvgIpc) is 2.58. The van der Waals surface area contributed by atoms with Crippen LogP contribution in [0.1, 0.15) is 44.1 Å². The monoisotopic (exact) mass is 386 g/mol. The lowest BCUT2D eigenvalue weighted by Gasteiger charge is -2.24. The van der Waals surface area contributed by atoms with Crippen LogP contribution in [0.2, 0.25) is 5.15 Å². The van der Waals surface area contributed by atoms with E-state index in [4.69, 9.17) is 25.8 Å². The molecule has 0 N–H and O–H groups in total. The Balaban J connectivity index is 3.10. The number of esters is 2. The van der Waals surface area contributed by atoms with Crippen LogP contribution in [0, 0.1) is 0 Å². The third kappa shape index (κ3) is 6.51. The lowest BCUT2D eigenvalue weighted by molar-refractivity contribution is -0.143. The minimum Gasteiger partial charge on any atom is -0.466 e. The molecule has 1 rings (SSSR count). The molecule has 0 fully saturated rings. The summed E-state index contributed by atoms with van der Waals surface area (Å²) < 4.78 is 14.8. The third-order valence-electron chi connectivity index (χ3n) is 3.13. The number of hydrogen-bond acceptors (Lipinski definition) is 7. The molecule has 0 saturated carbocycles. The third-order valence-corrected chi connectivity index (χ3v) is 3.34. The van der Waals surface area contributed by atoms with Gasteiger partial charge in [0.1, 0.15) is 5.15 Å². The van der Waals surface area contributed by atoms with E-state index in [0.717, 1.165) is 0 Å². The average molecular weight is 387 g/mol. The van der Waals surface area contributed by atoms with Crippen LogP contribution >= 0.6 is 11.6 Å². The number of amides is 1. The van der Waals surface area contributed by atoms with E-state index in [-0.39, 0.29) is 48.2 Å². The molecular formula is C17H23ClN2O6. The molecule has 26 heavy (non-hydrogen) atoms. The molecule has 1 aromatic rings. The highest BCUT2D eigenvalue weighted by atomic mass is 35.5. The predicted molar refractivity (Wildman–Crippen MR) is 95.4 cm³/mol. The van der Waals surface area contributed by atoms with Gasteiger partial charge in [-0.1, -0.05) is 11.6 Å². The molecule has 1 heterocycles. The van der Waals surface area contributed by atoms with Gasteiger partial charge < -0.3 is 14.2 Å². The zero-order chi connectivity index (χ0) is 19.7. The van der Waals surface area contributed by atoms with Gasteiger partial charge in [-0.3, -0.25) is 9.69 Å². The van der Waals surface area contributed by atoms with Gasteiger partial charge in [0.25, 0.3) is 0 Å². The van der Waals surface area contributed by atoms with Gasteiger partial charge in [0.15, 0.2) is 5.69 Å².